The molecular formula is C12H8BrN3. The van der Waals surface area contributed by atoms with Crippen molar-refractivity contribution in [3.05, 3.63) is 46.3 Å². The Morgan fingerprint density at radius 2 is 2.00 bits per heavy atom. The van der Waals surface area contributed by atoms with Crippen molar-refractivity contribution >= 4 is 15.9 Å². The molecule has 4 heteroatoms. The highest BCUT2D eigenvalue weighted by molar-refractivity contribution is 9.10. The fourth-order valence-electron chi connectivity index (χ4n) is 1.46. The van der Waals surface area contributed by atoms with E-state index in [1.807, 2.05) is 25.1 Å². The lowest BCUT2D eigenvalue weighted by Crippen LogP contribution is -1.91. The van der Waals surface area contributed by atoms with Gasteiger partial charge in [-0.15, -0.1) is 0 Å². The van der Waals surface area contributed by atoms with Gasteiger partial charge in [0.1, 0.15) is 10.3 Å². The molecule has 0 bridgehead atoms. The van der Waals surface area contributed by atoms with Gasteiger partial charge in [-0.2, -0.15) is 5.26 Å². The summed E-state index contributed by atoms with van der Waals surface area (Å²) in [5.41, 5.74) is 3.16. The van der Waals surface area contributed by atoms with E-state index in [1.54, 1.807) is 12.4 Å². The van der Waals surface area contributed by atoms with Gasteiger partial charge in [-0.3, -0.25) is 4.98 Å². The van der Waals surface area contributed by atoms with Crippen LogP contribution in [0.15, 0.2) is 35.2 Å². The smallest absolute Gasteiger partial charge is 0.132 e. The molecule has 2 rings (SSSR count). The van der Waals surface area contributed by atoms with Gasteiger partial charge in [-0.25, -0.2) is 4.98 Å². The van der Waals surface area contributed by atoms with E-state index in [2.05, 4.69) is 32.0 Å². The monoisotopic (exact) mass is 273 g/mol. The molecule has 0 spiro atoms. The molecule has 0 N–H and O–H groups in total. The van der Waals surface area contributed by atoms with Gasteiger partial charge in [0.15, 0.2) is 0 Å². The van der Waals surface area contributed by atoms with Gasteiger partial charge in [0.05, 0.1) is 11.6 Å². The SMILES string of the molecule is Cc1ccc(-c2nccnc2Br)c(C#N)c1. The van der Waals surface area contributed by atoms with Crippen LogP contribution in [0.25, 0.3) is 11.3 Å². The Bertz CT molecular complexity index is 573. The predicted octanol–water partition coefficient (Wildman–Crippen LogP) is 3.09. The molecule has 0 aliphatic rings. The molecular weight excluding hydrogens is 266 g/mol. The molecule has 0 fully saturated rings. The number of aryl methyl sites for hydroxylation is 1. The van der Waals surface area contributed by atoms with Gasteiger partial charge in [0.2, 0.25) is 0 Å². The maximum absolute atomic E-state index is 9.08. The van der Waals surface area contributed by atoms with Crippen molar-refractivity contribution in [2.75, 3.05) is 0 Å². The van der Waals surface area contributed by atoms with E-state index in [-0.39, 0.29) is 0 Å². The summed E-state index contributed by atoms with van der Waals surface area (Å²) in [4.78, 5) is 8.32. The van der Waals surface area contributed by atoms with Gasteiger partial charge in [-0.1, -0.05) is 12.1 Å². The second-order valence-corrected chi connectivity index (χ2v) is 4.11. The number of hydrogen-bond acceptors (Lipinski definition) is 3. The van der Waals surface area contributed by atoms with Crippen molar-refractivity contribution in [3.8, 4) is 17.3 Å². The first-order valence-corrected chi connectivity index (χ1v) is 5.49. The van der Waals surface area contributed by atoms with Gasteiger partial charge < -0.3 is 0 Å². The molecule has 0 aliphatic carbocycles. The molecule has 1 aromatic carbocycles. The Balaban J connectivity index is 2.66. The largest absolute Gasteiger partial charge is 0.252 e. The maximum Gasteiger partial charge on any atom is 0.132 e. The highest BCUT2D eigenvalue weighted by atomic mass is 79.9. The Labute approximate surface area is 102 Å². The number of hydrogen-bond donors (Lipinski definition) is 0. The van der Waals surface area contributed by atoms with Gasteiger partial charge in [-0.05, 0) is 34.5 Å². The first kappa shape index (κ1) is 10.8. The highest BCUT2D eigenvalue weighted by Gasteiger charge is 2.10. The Hall–Kier alpha value is -1.73. The summed E-state index contributed by atoms with van der Waals surface area (Å²) in [5, 5.41) is 9.08. The van der Waals surface area contributed by atoms with Crippen LogP contribution in [0, 0.1) is 18.3 Å². The minimum Gasteiger partial charge on any atom is -0.252 e. The van der Waals surface area contributed by atoms with Gasteiger partial charge in [0, 0.05) is 18.0 Å². The molecule has 1 aromatic heterocycles. The molecule has 16 heavy (non-hydrogen) atoms. The molecule has 0 saturated carbocycles. The summed E-state index contributed by atoms with van der Waals surface area (Å²) in [6, 6.07) is 7.86. The molecule has 0 amide bonds. The van der Waals surface area contributed by atoms with E-state index < -0.39 is 0 Å². The molecule has 78 valence electrons. The number of rotatable bonds is 1. The number of aromatic nitrogens is 2. The third-order valence-corrected chi connectivity index (χ3v) is 2.78. The average Bonchev–Trinajstić information content (AvgIpc) is 2.30. The molecule has 0 radical (unpaired) electrons. The fourth-order valence-corrected chi connectivity index (χ4v) is 1.89. The number of nitrogens with zero attached hydrogens (tertiary/aromatic N) is 3. The standard InChI is InChI=1S/C12H8BrN3/c1-8-2-3-10(9(6-8)7-14)11-12(13)16-5-4-15-11/h2-6H,1H3. The molecule has 0 saturated heterocycles. The van der Waals surface area contributed by atoms with Crippen LogP contribution in [0.3, 0.4) is 0 Å². The molecule has 3 nitrogen and oxygen atoms in total. The van der Waals surface area contributed by atoms with Crippen LogP contribution < -0.4 is 0 Å². The highest BCUT2D eigenvalue weighted by Crippen LogP contribution is 2.27. The molecule has 1 heterocycles. The summed E-state index contributed by atoms with van der Waals surface area (Å²) in [6.07, 6.45) is 3.22. The van der Waals surface area contributed by atoms with Crippen molar-refractivity contribution in [1.29, 1.82) is 5.26 Å². The van der Waals surface area contributed by atoms with Crippen LogP contribution in [-0.2, 0) is 0 Å². The first-order chi connectivity index (χ1) is 7.72. The van der Waals surface area contributed by atoms with E-state index in [1.165, 1.54) is 0 Å². The van der Waals surface area contributed by atoms with Crippen molar-refractivity contribution in [3.63, 3.8) is 0 Å². The normalized spacial score (nSPS) is 9.81. The zero-order valence-corrected chi connectivity index (χ0v) is 10.2. The molecule has 0 atom stereocenters. The quantitative estimate of drug-likeness (QED) is 0.802. The van der Waals surface area contributed by atoms with Crippen LogP contribution in [0.5, 0.6) is 0 Å². The topological polar surface area (TPSA) is 49.6 Å². The van der Waals surface area contributed by atoms with Crippen LogP contribution >= 0.6 is 15.9 Å². The van der Waals surface area contributed by atoms with Gasteiger partial charge in [0.25, 0.3) is 0 Å². The number of halogens is 1. The second-order valence-electron chi connectivity index (χ2n) is 3.36. The van der Waals surface area contributed by atoms with Crippen LogP contribution in [0.2, 0.25) is 0 Å². The van der Waals surface area contributed by atoms with Gasteiger partial charge >= 0.3 is 0 Å². The van der Waals surface area contributed by atoms with Crippen molar-refractivity contribution in [1.82, 2.24) is 9.97 Å². The third kappa shape index (κ3) is 1.95. The zero-order chi connectivity index (χ0) is 11.5. The maximum atomic E-state index is 9.08. The number of benzene rings is 1. The lowest BCUT2D eigenvalue weighted by Gasteiger charge is -2.05. The van der Waals surface area contributed by atoms with Crippen molar-refractivity contribution in [2.24, 2.45) is 0 Å². The second kappa shape index (κ2) is 4.42. The Morgan fingerprint density at radius 1 is 1.25 bits per heavy atom. The minimum absolute atomic E-state index is 0.612. The van der Waals surface area contributed by atoms with E-state index in [9.17, 15) is 0 Å². The molecule has 0 aliphatic heterocycles. The van der Waals surface area contributed by atoms with Crippen LogP contribution in [-0.4, -0.2) is 9.97 Å². The fraction of sp³-hybridized carbons (Fsp3) is 0.0833. The lowest BCUT2D eigenvalue weighted by molar-refractivity contribution is 1.17. The molecule has 0 unspecified atom stereocenters. The molecule has 2 aromatic rings. The predicted molar refractivity (Wildman–Crippen MR) is 64.6 cm³/mol. The van der Waals surface area contributed by atoms with E-state index in [0.29, 0.717) is 15.9 Å². The minimum atomic E-state index is 0.612. The van der Waals surface area contributed by atoms with Crippen molar-refractivity contribution < 1.29 is 0 Å². The average molecular weight is 274 g/mol. The zero-order valence-electron chi connectivity index (χ0n) is 8.61. The number of nitriles is 1. The lowest BCUT2D eigenvalue weighted by atomic mass is 10.0. The summed E-state index contributed by atoms with van der Waals surface area (Å²) in [7, 11) is 0. The third-order valence-electron chi connectivity index (χ3n) is 2.20. The Morgan fingerprint density at radius 3 is 2.69 bits per heavy atom. The van der Waals surface area contributed by atoms with Crippen molar-refractivity contribution in [2.45, 2.75) is 6.92 Å². The Kier molecular flexibility index (Phi) is 2.97. The van der Waals surface area contributed by atoms with Crippen LogP contribution in [0.1, 0.15) is 11.1 Å². The summed E-state index contributed by atoms with van der Waals surface area (Å²) in [5.74, 6) is 0. The van der Waals surface area contributed by atoms with E-state index >= 15 is 0 Å². The van der Waals surface area contributed by atoms with E-state index in [0.717, 1.165) is 11.1 Å². The summed E-state index contributed by atoms with van der Waals surface area (Å²) < 4.78 is 0.648. The van der Waals surface area contributed by atoms with E-state index in [4.69, 9.17) is 5.26 Å². The first-order valence-electron chi connectivity index (χ1n) is 4.70. The summed E-state index contributed by atoms with van der Waals surface area (Å²) in [6.45, 7) is 1.95. The summed E-state index contributed by atoms with van der Waals surface area (Å²) >= 11 is 3.33. The van der Waals surface area contributed by atoms with Crippen LogP contribution in [0.4, 0.5) is 0 Å².